The third-order valence-corrected chi connectivity index (χ3v) is 8.09. The van der Waals surface area contributed by atoms with Gasteiger partial charge in [0.2, 0.25) is 11.0 Å². The van der Waals surface area contributed by atoms with E-state index in [0.717, 1.165) is 21.6 Å². The second-order valence-electron chi connectivity index (χ2n) is 7.85. The number of hydrogen-bond donors (Lipinski definition) is 1. The fourth-order valence-corrected chi connectivity index (χ4v) is 6.01. The van der Waals surface area contributed by atoms with E-state index in [9.17, 15) is 4.79 Å². The summed E-state index contributed by atoms with van der Waals surface area (Å²) < 4.78 is 2.02. The van der Waals surface area contributed by atoms with Crippen LogP contribution in [0.3, 0.4) is 0 Å². The average molecular weight is 453 g/mol. The number of thioether (sulfide) groups is 1. The molecule has 1 atom stereocenters. The Morgan fingerprint density at radius 2 is 1.97 bits per heavy atom. The average Bonchev–Trinajstić information content (AvgIpc) is 3.45. The highest BCUT2D eigenvalue weighted by Crippen LogP contribution is 2.35. The van der Waals surface area contributed by atoms with E-state index in [4.69, 9.17) is 0 Å². The number of pyridine rings is 1. The molecule has 0 aliphatic heterocycles. The van der Waals surface area contributed by atoms with Gasteiger partial charge < -0.3 is 0 Å². The number of fused-ring (bicyclic) bond motifs is 3. The summed E-state index contributed by atoms with van der Waals surface area (Å²) in [5, 5.41) is 23.4. The number of carbonyl (C=O) groups excluding carboxylic acids is 1. The lowest BCUT2D eigenvalue weighted by Gasteiger charge is -2.18. The largest absolute Gasteiger partial charge is 0.300 e. The molecule has 1 N–H and O–H groups in total. The van der Waals surface area contributed by atoms with Gasteiger partial charge >= 0.3 is 0 Å². The van der Waals surface area contributed by atoms with Crippen LogP contribution in [0, 0.1) is 0 Å². The van der Waals surface area contributed by atoms with Gasteiger partial charge in [-0.3, -0.25) is 14.5 Å². The Labute approximate surface area is 188 Å². The van der Waals surface area contributed by atoms with Gasteiger partial charge in [0, 0.05) is 5.92 Å². The van der Waals surface area contributed by atoms with Crippen molar-refractivity contribution >= 4 is 50.7 Å². The Kier molecular flexibility index (Phi) is 5.87. The van der Waals surface area contributed by atoms with E-state index in [1.807, 2.05) is 41.7 Å². The Morgan fingerprint density at radius 1 is 1.13 bits per heavy atom. The Bertz CT molecular complexity index is 1210. The molecule has 1 amide bonds. The second-order valence-corrected chi connectivity index (χ2v) is 10.0. The molecule has 0 spiro atoms. The standard InChI is InChI=1S/C22H24N6OS2/c1-2-17(19(29)23-21-26-25-20(31-21)15-9-4-3-5-10-15)30-22-27-24-18-13-12-14-8-6-7-11-16(14)28(18)22/h6-8,11-13,15,17H,2-5,9-10H2,1H3,(H,23,26,29). The molecule has 160 valence electrons. The maximum atomic E-state index is 13.0. The Hall–Kier alpha value is -2.52. The quantitative estimate of drug-likeness (QED) is 0.400. The van der Waals surface area contributed by atoms with Crippen molar-refractivity contribution in [2.45, 2.75) is 61.8 Å². The molecule has 5 rings (SSSR count). The van der Waals surface area contributed by atoms with Gasteiger partial charge in [-0.25, -0.2) is 0 Å². The van der Waals surface area contributed by atoms with E-state index in [-0.39, 0.29) is 11.2 Å². The normalized spacial score (nSPS) is 16.0. The number of nitrogens with one attached hydrogen (secondary N) is 1. The molecule has 9 heteroatoms. The zero-order valence-electron chi connectivity index (χ0n) is 17.3. The second kappa shape index (κ2) is 8.92. The molecule has 0 bridgehead atoms. The lowest BCUT2D eigenvalue weighted by Crippen LogP contribution is -2.24. The highest BCUT2D eigenvalue weighted by molar-refractivity contribution is 8.00. The van der Waals surface area contributed by atoms with Gasteiger partial charge in [-0.05, 0) is 42.8 Å². The van der Waals surface area contributed by atoms with Gasteiger partial charge in [-0.2, -0.15) is 0 Å². The first-order chi connectivity index (χ1) is 15.2. The zero-order valence-corrected chi connectivity index (χ0v) is 19.0. The van der Waals surface area contributed by atoms with Crippen LogP contribution in [0.1, 0.15) is 56.4 Å². The van der Waals surface area contributed by atoms with Crippen LogP contribution in [-0.2, 0) is 4.79 Å². The molecular formula is C22H24N6OS2. The van der Waals surface area contributed by atoms with E-state index >= 15 is 0 Å². The molecule has 7 nitrogen and oxygen atoms in total. The summed E-state index contributed by atoms with van der Waals surface area (Å²) in [6.45, 7) is 2.01. The van der Waals surface area contributed by atoms with E-state index in [1.54, 1.807) is 0 Å². The van der Waals surface area contributed by atoms with Gasteiger partial charge in [0.1, 0.15) is 5.01 Å². The van der Waals surface area contributed by atoms with E-state index < -0.39 is 0 Å². The maximum absolute atomic E-state index is 13.0. The van der Waals surface area contributed by atoms with Crippen molar-refractivity contribution in [2.24, 2.45) is 0 Å². The first-order valence-corrected chi connectivity index (χ1v) is 12.5. The van der Waals surface area contributed by atoms with Crippen LogP contribution in [0.15, 0.2) is 41.6 Å². The van der Waals surface area contributed by atoms with Crippen molar-refractivity contribution in [3.8, 4) is 0 Å². The minimum absolute atomic E-state index is 0.0733. The van der Waals surface area contributed by atoms with Crippen LogP contribution < -0.4 is 5.32 Å². The topological polar surface area (TPSA) is 85.1 Å². The number of carbonyl (C=O) groups is 1. The Balaban J connectivity index is 1.34. The van der Waals surface area contributed by atoms with Crippen molar-refractivity contribution in [2.75, 3.05) is 5.32 Å². The molecule has 1 aliphatic rings. The number of hydrogen-bond acceptors (Lipinski definition) is 7. The van der Waals surface area contributed by atoms with E-state index in [1.165, 1.54) is 55.2 Å². The SMILES string of the molecule is CCC(Sc1nnc2ccc3ccccc3n12)C(=O)Nc1nnc(C2CCCCC2)s1. The van der Waals surface area contributed by atoms with Crippen LogP contribution in [-0.4, -0.2) is 36.0 Å². The fraction of sp³-hybridized carbons (Fsp3) is 0.409. The summed E-state index contributed by atoms with van der Waals surface area (Å²) in [7, 11) is 0. The van der Waals surface area contributed by atoms with Gasteiger partial charge in [0.05, 0.1) is 10.8 Å². The van der Waals surface area contributed by atoms with Gasteiger partial charge in [0.15, 0.2) is 10.8 Å². The number of anilines is 1. The van der Waals surface area contributed by atoms with Crippen molar-refractivity contribution in [3.05, 3.63) is 41.4 Å². The first-order valence-electron chi connectivity index (χ1n) is 10.8. The number of benzene rings is 1. The molecule has 0 saturated heterocycles. The zero-order chi connectivity index (χ0) is 21.2. The molecule has 1 aromatic carbocycles. The molecule has 31 heavy (non-hydrogen) atoms. The van der Waals surface area contributed by atoms with Gasteiger partial charge in [-0.15, -0.1) is 20.4 Å². The lowest BCUT2D eigenvalue weighted by molar-refractivity contribution is -0.115. The van der Waals surface area contributed by atoms with Crippen LogP contribution in [0.25, 0.3) is 16.6 Å². The summed E-state index contributed by atoms with van der Waals surface area (Å²) in [5.74, 6) is 0.416. The first kappa shape index (κ1) is 20.4. The van der Waals surface area contributed by atoms with Crippen molar-refractivity contribution < 1.29 is 4.79 Å². The number of rotatable bonds is 6. The smallest absolute Gasteiger partial charge is 0.239 e. The Morgan fingerprint density at radius 3 is 2.81 bits per heavy atom. The molecular weight excluding hydrogens is 428 g/mol. The van der Waals surface area contributed by atoms with Crippen molar-refractivity contribution in [3.63, 3.8) is 0 Å². The predicted octanol–water partition coefficient (Wildman–Crippen LogP) is 5.29. The van der Waals surface area contributed by atoms with Crippen molar-refractivity contribution in [1.82, 2.24) is 24.8 Å². The van der Waals surface area contributed by atoms with E-state index in [2.05, 4.69) is 31.8 Å². The fourth-order valence-electron chi connectivity index (χ4n) is 4.12. The monoisotopic (exact) mass is 452 g/mol. The molecule has 1 saturated carbocycles. The highest BCUT2D eigenvalue weighted by atomic mass is 32.2. The summed E-state index contributed by atoms with van der Waals surface area (Å²) in [6.07, 6.45) is 6.82. The van der Waals surface area contributed by atoms with E-state index in [0.29, 0.717) is 22.6 Å². The highest BCUT2D eigenvalue weighted by Gasteiger charge is 2.24. The van der Waals surface area contributed by atoms with Crippen molar-refractivity contribution in [1.29, 1.82) is 0 Å². The predicted molar refractivity (Wildman–Crippen MR) is 125 cm³/mol. The molecule has 0 radical (unpaired) electrons. The summed E-state index contributed by atoms with van der Waals surface area (Å²) in [4.78, 5) is 13.0. The minimum Gasteiger partial charge on any atom is -0.300 e. The third kappa shape index (κ3) is 4.16. The minimum atomic E-state index is -0.298. The summed E-state index contributed by atoms with van der Waals surface area (Å²) >= 11 is 2.95. The number of amides is 1. The third-order valence-electron chi connectivity index (χ3n) is 5.78. The molecule has 1 fully saturated rings. The summed E-state index contributed by atoms with van der Waals surface area (Å²) in [6, 6.07) is 12.1. The molecule has 1 aliphatic carbocycles. The molecule has 1 unspecified atom stereocenters. The molecule has 3 heterocycles. The van der Waals surface area contributed by atoms with Gasteiger partial charge in [-0.1, -0.05) is 67.5 Å². The number of nitrogens with zero attached hydrogens (tertiary/aromatic N) is 5. The molecule has 4 aromatic rings. The number of aromatic nitrogens is 5. The van der Waals surface area contributed by atoms with Crippen LogP contribution in [0.2, 0.25) is 0 Å². The number of para-hydroxylation sites is 1. The molecule has 3 aromatic heterocycles. The maximum Gasteiger partial charge on any atom is 0.239 e. The van der Waals surface area contributed by atoms with Crippen LogP contribution in [0.5, 0.6) is 0 Å². The summed E-state index contributed by atoms with van der Waals surface area (Å²) in [5.41, 5.74) is 1.81. The van der Waals surface area contributed by atoms with Crippen LogP contribution >= 0.6 is 23.1 Å². The van der Waals surface area contributed by atoms with Gasteiger partial charge in [0.25, 0.3) is 0 Å². The van der Waals surface area contributed by atoms with Crippen LogP contribution in [0.4, 0.5) is 5.13 Å². The lowest BCUT2D eigenvalue weighted by atomic mass is 9.90.